The summed E-state index contributed by atoms with van der Waals surface area (Å²) in [4.78, 5) is 14.9. The number of halogens is 2. The largest absolute Gasteiger partial charge is 0.354 e. The topological polar surface area (TPSA) is 50.2 Å². The Kier molecular flexibility index (Phi) is 6.65. The SMILES string of the molecule is Cc1nn(-c2ccc(Cl)cc2Cl)c(C)c1CC(=O)NC[C@@]1(N(C)C)CCSC1. The number of carbonyl (C=O) groups excluding carboxylic acids is 1. The molecule has 1 N–H and O–H groups in total. The third-order valence-corrected chi connectivity index (χ3v) is 7.33. The molecule has 1 amide bonds. The summed E-state index contributed by atoms with van der Waals surface area (Å²) in [5.74, 6) is 2.21. The summed E-state index contributed by atoms with van der Waals surface area (Å²) in [6.07, 6.45) is 1.40. The highest BCUT2D eigenvalue weighted by Gasteiger charge is 2.36. The summed E-state index contributed by atoms with van der Waals surface area (Å²) in [5, 5.41) is 8.85. The van der Waals surface area contributed by atoms with Gasteiger partial charge >= 0.3 is 0 Å². The summed E-state index contributed by atoms with van der Waals surface area (Å²) in [5.41, 5.74) is 3.48. The van der Waals surface area contributed by atoms with E-state index in [4.69, 9.17) is 23.2 Å². The van der Waals surface area contributed by atoms with Crippen LogP contribution in [0.15, 0.2) is 18.2 Å². The number of hydrogen-bond acceptors (Lipinski definition) is 4. The number of benzene rings is 1. The molecule has 8 heteroatoms. The molecule has 5 nitrogen and oxygen atoms in total. The normalized spacial score (nSPS) is 19.4. The highest BCUT2D eigenvalue weighted by molar-refractivity contribution is 7.99. The molecule has 1 atom stereocenters. The number of aryl methyl sites for hydroxylation is 1. The highest BCUT2D eigenvalue weighted by atomic mass is 35.5. The van der Waals surface area contributed by atoms with E-state index in [1.807, 2.05) is 31.7 Å². The lowest BCUT2D eigenvalue weighted by Crippen LogP contribution is -2.53. The molecular formula is C20H26Cl2N4OS. The van der Waals surface area contributed by atoms with Crippen LogP contribution in [0.5, 0.6) is 0 Å². The number of nitrogens with one attached hydrogen (secondary N) is 1. The molecule has 1 aliphatic rings. The molecule has 152 valence electrons. The molecule has 0 unspecified atom stereocenters. The molecule has 1 saturated heterocycles. The lowest BCUT2D eigenvalue weighted by molar-refractivity contribution is -0.121. The van der Waals surface area contributed by atoms with Crippen molar-refractivity contribution >= 4 is 40.9 Å². The minimum atomic E-state index is 0.0195. The van der Waals surface area contributed by atoms with Gasteiger partial charge in [0.2, 0.25) is 5.91 Å². The minimum absolute atomic E-state index is 0.0195. The number of aromatic nitrogens is 2. The zero-order valence-corrected chi connectivity index (χ0v) is 19.0. The van der Waals surface area contributed by atoms with E-state index in [-0.39, 0.29) is 11.4 Å². The van der Waals surface area contributed by atoms with Gasteiger partial charge in [-0.1, -0.05) is 23.2 Å². The average molecular weight is 441 g/mol. The number of carbonyl (C=O) groups is 1. The Morgan fingerprint density at radius 1 is 1.36 bits per heavy atom. The van der Waals surface area contributed by atoms with Crippen LogP contribution in [0.4, 0.5) is 0 Å². The number of nitrogens with zero attached hydrogens (tertiary/aromatic N) is 3. The molecule has 0 aliphatic carbocycles. The van der Waals surface area contributed by atoms with Crippen LogP contribution in [0, 0.1) is 13.8 Å². The van der Waals surface area contributed by atoms with E-state index in [1.54, 1.807) is 16.8 Å². The monoisotopic (exact) mass is 440 g/mol. The quantitative estimate of drug-likeness (QED) is 0.739. The van der Waals surface area contributed by atoms with Gasteiger partial charge in [0, 0.05) is 34.1 Å². The van der Waals surface area contributed by atoms with Crippen molar-refractivity contribution in [3.63, 3.8) is 0 Å². The van der Waals surface area contributed by atoms with Gasteiger partial charge < -0.3 is 10.2 Å². The van der Waals surface area contributed by atoms with Crippen LogP contribution in [0.3, 0.4) is 0 Å². The van der Waals surface area contributed by atoms with Gasteiger partial charge in [0.15, 0.2) is 0 Å². The summed E-state index contributed by atoms with van der Waals surface area (Å²) < 4.78 is 1.78. The van der Waals surface area contributed by atoms with Crippen LogP contribution in [-0.4, -0.2) is 58.3 Å². The zero-order chi connectivity index (χ0) is 20.5. The second kappa shape index (κ2) is 8.66. The average Bonchev–Trinajstić information content (AvgIpc) is 3.22. The Balaban J connectivity index is 1.74. The Morgan fingerprint density at radius 3 is 2.71 bits per heavy atom. The molecule has 1 aromatic heterocycles. The van der Waals surface area contributed by atoms with Crippen molar-refractivity contribution in [2.24, 2.45) is 0 Å². The van der Waals surface area contributed by atoms with Crippen LogP contribution in [-0.2, 0) is 11.2 Å². The molecular weight excluding hydrogens is 415 g/mol. The lowest BCUT2D eigenvalue weighted by Gasteiger charge is -2.35. The Hall–Kier alpha value is -1.21. The maximum Gasteiger partial charge on any atom is 0.224 e. The first-order valence-corrected chi connectivity index (χ1v) is 11.2. The molecule has 0 saturated carbocycles. The molecule has 0 radical (unpaired) electrons. The molecule has 3 rings (SSSR count). The van der Waals surface area contributed by atoms with Crippen molar-refractivity contribution in [1.82, 2.24) is 20.0 Å². The van der Waals surface area contributed by atoms with E-state index in [9.17, 15) is 4.79 Å². The summed E-state index contributed by atoms with van der Waals surface area (Å²) in [6.45, 7) is 4.55. The highest BCUT2D eigenvalue weighted by Crippen LogP contribution is 2.31. The number of thioether (sulfide) groups is 1. The van der Waals surface area contributed by atoms with E-state index in [1.165, 1.54) is 0 Å². The minimum Gasteiger partial charge on any atom is -0.354 e. The molecule has 2 aromatic rings. The third-order valence-electron chi connectivity index (χ3n) is 5.56. The predicted octanol–water partition coefficient (Wildman–Crippen LogP) is 3.89. The molecule has 0 bridgehead atoms. The van der Waals surface area contributed by atoms with Gasteiger partial charge in [-0.3, -0.25) is 4.79 Å². The van der Waals surface area contributed by atoms with Gasteiger partial charge in [-0.05, 0) is 58.3 Å². The number of likely N-dealkylation sites (N-methyl/N-ethyl adjacent to an activating group) is 1. The summed E-state index contributed by atoms with van der Waals surface area (Å²) >= 11 is 14.3. The number of rotatable bonds is 6. The Morgan fingerprint density at radius 2 is 2.11 bits per heavy atom. The van der Waals surface area contributed by atoms with Gasteiger partial charge in [-0.25, -0.2) is 4.68 Å². The third kappa shape index (κ3) is 4.35. The van der Waals surface area contributed by atoms with Gasteiger partial charge in [-0.15, -0.1) is 0 Å². The van der Waals surface area contributed by atoms with Crippen molar-refractivity contribution < 1.29 is 4.79 Å². The second-order valence-corrected chi connectivity index (χ2v) is 9.48. The van der Waals surface area contributed by atoms with E-state index in [0.717, 1.165) is 40.6 Å². The van der Waals surface area contributed by atoms with E-state index in [2.05, 4.69) is 29.4 Å². The maximum absolute atomic E-state index is 12.7. The standard InChI is InChI=1S/C20H26Cl2N4OS/c1-13-16(10-19(27)23-11-20(25(3)4)7-8-28-12-20)14(2)26(24-13)18-6-5-15(21)9-17(18)22/h5-6,9H,7-8,10-12H2,1-4H3,(H,23,27)/t20-/m0/s1. The van der Waals surface area contributed by atoms with E-state index < -0.39 is 0 Å². The summed E-state index contributed by atoms with van der Waals surface area (Å²) in [7, 11) is 4.18. The first-order chi connectivity index (χ1) is 13.2. The predicted molar refractivity (Wildman–Crippen MR) is 118 cm³/mol. The smallest absolute Gasteiger partial charge is 0.224 e. The fraction of sp³-hybridized carbons (Fsp3) is 0.500. The first kappa shape index (κ1) is 21.5. The molecule has 2 heterocycles. The van der Waals surface area contributed by atoms with E-state index in [0.29, 0.717) is 23.0 Å². The van der Waals surface area contributed by atoms with Crippen molar-refractivity contribution in [3.8, 4) is 5.69 Å². The summed E-state index contributed by atoms with van der Waals surface area (Å²) in [6, 6.07) is 5.32. The van der Waals surface area contributed by atoms with Crippen LogP contribution in [0.2, 0.25) is 10.0 Å². The van der Waals surface area contributed by atoms with Crippen LogP contribution in [0.1, 0.15) is 23.4 Å². The number of hydrogen-bond donors (Lipinski definition) is 1. The van der Waals surface area contributed by atoms with E-state index >= 15 is 0 Å². The number of amides is 1. The first-order valence-electron chi connectivity index (χ1n) is 9.26. The maximum atomic E-state index is 12.7. The lowest BCUT2D eigenvalue weighted by atomic mass is 9.97. The van der Waals surface area contributed by atoms with Gasteiger partial charge in [0.25, 0.3) is 0 Å². The fourth-order valence-electron chi connectivity index (χ4n) is 3.55. The van der Waals surface area contributed by atoms with Gasteiger partial charge in [0.1, 0.15) is 0 Å². The molecule has 1 aromatic carbocycles. The second-order valence-electron chi connectivity index (χ2n) is 7.53. The van der Waals surface area contributed by atoms with Crippen molar-refractivity contribution in [2.75, 3.05) is 32.1 Å². The van der Waals surface area contributed by atoms with Crippen molar-refractivity contribution in [2.45, 2.75) is 32.2 Å². The van der Waals surface area contributed by atoms with Gasteiger partial charge in [0.05, 0.1) is 22.8 Å². The molecule has 28 heavy (non-hydrogen) atoms. The molecule has 0 spiro atoms. The van der Waals surface area contributed by atoms with Crippen LogP contribution >= 0.6 is 35.0 Å². The van der Waals surface area contributed by atoms with Crippen molar-refractivity contribution in [1.29, 1.82) is 0 Å². The molecule has 1 fully saturated rings. The van der Waals surface area contributed by atoms with Crippen LogP contribution < -0.4 is 5.32 Å². The van der Waals surface area contributed by atoms with Gasteiger partial charge in [-0.2, -0.15) is 16.9 Å². The zero-order valence-electron chi connectivity index (χ0n) is 16.7. The van der Waals surface area contributed by atoms with Crippen LogP contribution in [0.25, 0.3) is 5.69 Å². The Bertz CT molecular complexity index is 875. The van der Waals surface area contributed by atoms with Crippen molar-refractivity contribution in [3.05, 3.63) is 45.2 Å². The molecule has 1 aliphatic heterocycles. The fourth-order valence-corrected chi connectivity index (χ4v) is 5.59. The Labute approximate surface area is 180 Å².